The van der Waals surface area contributed by atoms with E-state index in [2.05, 4.69) is 4.98 Å². The lowest BCUT2D eigenvalue weighted by atomic mass is 10.4. The van der Waals surface area contributed by atoms with Crippen LogP contribution in [0.3, 0.4) is 0 Å². The summed E-state index contributed by atoms with van der Waals surface area (Å²) in [6, 6.07) is 0.209. The molecule has 0 aliphatic carbocycles. The number of carbonyl (C=O) groups is 1. The first-order valence-electron chi connectivity index (χ1n) is 5.27. The van der Waals surface area contributed by atoms with Gasteiger partial charge in [-0.3, -0.25) is 0 Å². The lowest BCUT2D eigenvalue weighted by molar-refractivity contribution is 0.0690. The van der Waals surface area contributed by atoms with Crippen molar-refractivity contribution in [3.05, 3.63) is 12.0 Å². The van der Waals surface area contributed by atoms with E-state index in [4.69, 9.17) is 9.52 Å². The van der Waals surface area contributed by atoms with Crippen LogP contribution in [-0.2, 0) is 10.0 Å². The van der Waals surface area contributed by atoms with Crippen LogP contribution in [0.1, 0.15) is 10.5 Å². The summed E-state index contributed by atoms with van der Waals surface area (Å²) in [6.07, 6.45) is 2.23. The second-order valence-electron chi connectivity index (χ2n) is 3.97. The molecule has 0 amide bonds. The van der Waals surface area contributed by atoms with Crippen LogP contribution in [0.15, 0.2) is 10.7 Å². The number of sulfonamides is 1. The highest BCUT2D eigenvalue weighted by molar-refractivity contribution is 7.88. The number of anilines is 1. The van der Waals surface area contributed by atoms with E-state index in [0.717, 1.165) is 12.5 Å². The molecule has 1 aromatic rings. The Morgan fingerprint density at radius 1 is 1.39 bits per heavy atom. The molecule has 1 aromatic heterocycles. The number of aromatic nitrogens is 1. The van der Waals surface area contributed by atoms with Gasteiger partial charge in [0.15, 0.2) is 5.69 Å². The summed E-state index contributed by atoms with van der Waals surface area (Å²) in [5.41, 5.74) is -0.157. The average molecular weight is 275 g/mol. The highest BCUT2D eigenvalue weighted by Gasteiger charge is 2.26. The summed E-state index contributed by atoms with van der Waals surface area (Å²) in [7, 11) is -3.18. The van der Waals surface area contributed by atoms with E-state index in [0.29, 0.717) is 26.2 Å². The summed E-state index contributed by atoms with van der Waals surface area (Å²) in [4.78, 5) is 16.2. The number of hydrogen-bond acceptors (Lipinski definition) is 6. The third kappa shape index (κ3) is 2.62. The molecule has 0 bridgehead atoms. The molecule has 1 aliphatic rings. The maximum absolute atomic E-state index is 11.3. The molecule has 9 heteroatoms. The Kier molecular flexibility index (Phi) is 3.26. The zero-order valence-corrected chi connectivity index (χ0v) is 10.6. The molecule has 2 heterocycles. The highest BCUT2D eigenvalue weighted by atomic mass is 32.2. The minimum atomic E-state index is -3.18. The predicted octanol–water partition coefficient (Wildman–Crippen LogP) is -0.546. The van der Waals surface area contributed by atoms with Crippen molar-refractivity contribution in [2.45, 2.75) is 0 Å². The topological polar surface area (TPSA) is 104 Å². The predicted molar refractivity (Wildman–Crippen MR) is 62.1 cm³/mol. The summed E-state index contributed by atoms with van der Waals surface area (Å²) in [5.74, 6) is -1.15. The van der Waals surface area contributed by atoms with E-state index in [-0.39, 0.29) is 11.7 Å². The van der Waals surface area contributed by atoms with Gasteiger partial charge < -0.3 is 14.4 Å². The van der Waals surface area contributed by atoms with Gasteiger partial charge in [-0.2, -0.15) is 9.29 Å². The van der Waals surface area contributed by atoms with Crippen LogP contribution in [0.25, 0.3) is 0 Å². The van der Waals surface area contributed by atoms with Gasteiger partial charge in [0.05, 0.1) is 6.26 Å². The van der Waals surface area contributed by atoms with Crippen molar-refractivity contribution in [3.63, 3.8) is 0 Å². The van der Waals surface area contributed by atoms with Gasteiger partial charge in [-0.25, -0.2) is 13.2 Å². The zero-order valence-electron chi connectivity index (χ0n) is 9.74. The third-order valence-corrected chi connectivity index (χ3v) is 3.99. The summed E-state index contributed by atoms with van der Waals surface area (Å²) >= 11 is 0. The lowest BCUT2D eigenvalue weighted by Gasteiger charge is -2.32. The molecule has 0 radical (unpaired) electrons. The molecule has 2 rings (SSSR count). The first-order chi connectivity index (χ1) is 8.38. The maximum atomic E-state index is 11.3. The van der Waals surface area contributed by atoms with Crippen molar-refractivity contribution in [2.75, 3.05) is 37.3 Å². The normalized spacial score (nSPS) is 17.9. The molecule has 0 atom stereocenters. The highest BCUT2D eigenvalue weighted by Crippen LogP contribution is 2.16. The van der Waals surface area contributed by atoms with Gasteiger partial charge in [0.1, 0.15) is 6.26 Å². The average Bonchev–Trinajstić information content (AvgIpc) is 2.77. The van der Waals surface area contributed by atoms with Crippen LogP contribution in [0.5, 0.6) is 0 Å². The second kappa shape index (κ2) is 4.58. The van der Waals surface area contributed by atoms with Crippen LogP contribution < -0.4 is 4.90 Å². The number of carboxylic acid groups (broad SMARTS) is 1. The van der Waals surface area contributed by atoms with E-state index in [1.807, 2.05) is 0 Å². The number of aromatic carboxylic acids is 1. The quantitative estimate of drug-likeness (QED) is 0.789. The van der Waals surface area contributed by atoms with Gasteiger partial charge in [0, 0.05) is 26.2 Å². The number of nitrogens with zero attached hydrogens (tertiary/aromatic N) is 3. The molecular formula is C9H13N3O5S. The van der Waals surface area contributed by atoms with Gasteiger partial charge >= 0.3 is 5.97 Å². The minimum Gasteiger partial charge on any atom is -0.476 e. The number of hydrogen-bond donors (Lipinski definition) is 1. The van der Waals surface area contributed by atoms with Gasteiger partial charge in [0.2, 0.25) is 10.0 Å². The number of oxazole rings is 1. The Hall–Kier alpha value is -1.61. The van der Waals surface area contributed by atoms with Crippen LogP contribution in [0.4, 0.5) is 6.01 Å². The Balaban J connectivity index is 2.03. The zero-order chi connectivity index (χ0) is 13.3. The summed E-state index contributed by atoms with van der Waals surface area (Å²) in [5, 5.41) is 8.72. The molecule has 1 aliphatic heterocycles. The number of carboxylic acids is 1. The molecule has 1 N–H and O–H groups in total. The van der Waals surface area contributed by atoms with Crippen molar-refractivity contribution in [2.24, 2.45) is 0 Å². The number of piperazine rings is 1. The molecule has 1 fully saturated rings. The van der Waals surface area contributed by atoms with Crippen molar-refractivity contribution in [3.8, 4) is 0 Å². The molecule has 0 spiro atoms. The third-order valence-electron chi connectivity index (χ3n) is 2.69. The molecule has 0 aromatic carbocycles. The largest absolute Gasteiger partial charge is 0.476 e. The van der Waals surface area contributed by atoms with Crippen LogP contribution in [0.2, 0.25) is 0 Å². The Morgan fingerprint density at radius 3 is 2.44 bits per heavy atom. The van der Waals surface area contributed by atoms with E-state index < -0.39 is 16.0 Å². The van der Waals surface area contributed by atoms with Gasteiger partial charge in [-0.1, -0.05) is 0 Å². The lowest BCUT2D eigenvalue weighted by Crippen LogP contribution is -2.48. The van der Waals surface area contributed by atoms with E-state index in [1.165, 1.54) is 4.31 Å². The van der Waals surface area contributed by atoms with Crippen molar-refractivity contribution in [1.82, 2.24) is 9.29 Å². The Bertz CT molecular complexity index is 544. The SMILES string of the molecule is CS(=O)(=O)N1CCN(c2nc(C(=O)O)co2)CC1. The Labute approximate surface area is 104 Å². The first-order valence-corrected chi connectivity index (χ1v) is 7.11. The van der Waals surface area contributed by atoms with Crippen molar-refractivity contribution >= 4 is 22.0 Å². The van der Waals surface area contributed by atoms with Crippen LogP contribution >= 0.6 is 0 Å². The molecule has 1 saturated heterocycles. The summed E-state index contributed by atoms with van der Waals surface area (Å²) < 4.78 is 29.0. The van der Waals surface area contributed by atoms with Crippen molar-refractivity contribution in [1.29, 1.82) is 0 Å². The first kappa shape index (κ1) is 12.8. The molecule has 0 saturated carbocycles. The van der Waals surface area contributed by atoms with E-state index in [1.54, 1.807) is 4.90 Å². The molecule has 0 unspecified atom stereocenters. The fraction of sp³-hybridized carbons (Fsp3) is 0.556. The minimum absolute atomic E-state index is 0.157. The number of rotatable bonds is 3. The monoisotopic (exact) mass is 275 g/mol. The molecular weight excluding hydrogens is 262 g/mol. The standard InChI is InChI=1S/C9H13N3O5S/c1-18(15,16)12-4-2-11(3-5-12)9-10-7(6-17-9)8(13)14/h6H,2-5H2,1H3,(H,13,14). The summed E-state index contributed by atoms with van der Waals surface area (Å²) in [6.45, 7) is 1.52. The van der Waals surface area contributed by atoms with Crippen LogP contribution in [-0.4, -0.2) is 61.2 Å². The van der Waals surface area contributed by atoms with Crippen LogP contribution in [0, 0.1) is 0 Å². The van der Waals surface area contributed by atoms with Gasteiger partial charge in [-0.15, -0.1) is 0 Å². The maximum Gasteiger partial charge on any atom is 0.357 e. The van der Waals surface area contributed by atoms with E-state index >= 15 is 0 Å². The fourth-order valence-electron chi connectivity index (χ4n) is 1.72. The van der Waals surface area contributed by atoms with E-state index in [9.17, 15) is 13.2 Å². The second-order valence-corrected chi connectivity index (χ2v) is 5.95. The fourth-order valence-corrected chi connectivity index (χ4v) is 2.55. The van der Waals surface area contributed by atoms with Gasteiger partial charge in [-0.05, 0) is 0 Å². The Morgan fingerprint density at radius 2 is 2.00 bits per heavy atom. The van der Waals surface area contributed by atoms with Crippen molar-refractivity contribution < 1.29 is 22.7 Å². The molecule has 100 valence electrons. The molecule has 8 nitrogen and oxygen atoms in total. The molecule has 18 heavy (non-hydrogen) atoms. The van der Waals surface area contributed by atoms with Gasteiger partial charge in [0.25, 0.3) is 6.01 Å². The smallest absolute Gasteiger partial charge is 0.357 e.